The maximum absolute atomic E-state index is 12.8. The van der Waals surface area contributed by atoms with Gasteiger partial charge in [-0.05, 0) is 106 Å². The summed E-state index contributed by atoms with van der Waals surface area (Å²) in [5, 5.41) is 0. The van der Waals surface area contributed by atoms with Crippen molar-refractivity contribution in [3.63, 3.8) is 0 Å². The Labute approximate surface area is 295 Å². The summed E-state index contributed by atoms with van der Waals surface area (Å²) < 4.78 is 74.3. The van der Waals surface area contributed by atoms with Crippen LogP contribution in [0.5, 0.6) is 11.5 Å². The third-order valence-electron chi connectivity index (χ3n) is 7.20. The average molecular weight is 815 g/mol. The van der Waals surface area contributed by atoms with Crippen LogP contribution in [-0.2, 0) is 39.1 Å². The molecule has 1 N–H and O–H groups in total. The topological polar surface area (TPSA) is 155 Å². The van der Waals surface area contributed by atoms with E-state index >= 15 is 0 Å². The summed E-state index contributed by atoms with van der Waals surface area (Å²) in [4.78, 5) is 25.2. The molecule has 0 aliphatic carbocycles. The molecular weight excluding hydrogens is 763 g/mol. The minimum atomic E-state index is -3.69. The molecular formula is C32H51IN2O10S2. The zero-order valence-electron chi connectivity index (χ0n) is 29.6. The molecule has 0 unspecified atom stereocenters. The SMILES string of the molecule is CCOC(=O)CCN(C)S(=O)(=O)c1c(C)cc(OC)c(C)c1C.CCOC(=O)CCNS(=O)(=O)c1c(C)cc(OC)c(C)c1C.CI. The normalized spacial score (nSPS) is 11.1. The van der Waals surface area contributed by atoms with E-state index in [0.717, 1.165) is 11.1 Å². The van der Waals surface area contributed by atoms with Gasteiger partial charge in [0.05, 0.1) is 50.1 Å². The summed E-state index contributed by atoms with van der Waals surface area (Å²) in [5.41, 5.74) is 4.08. The van der Waals surface area contributed by atoms with E-state index in [-0.39, 0.29) is 48.9 Å². The van der Waals surface area contributed by atoms with Gasteiger partial charge < -0.3 is 18.9 Å². The second-order valence-corrected chi connectivity index (χ2v) is 14.0. The van der Waals surface area contributed by atoms with Crippen LogP contribution in [0.4, 0.5) is 0 Å². The van der Waals surface area contributed by atoms with Gasteiger partial charge in [0.25, 0.3) is 0 Å². The van der Waals surface area contributed by atoms with Crippen molar-refractivity contribution in [1.29, 1.82) is 0 Å². The summed E-state index contributed by atoms with van der Waals surface area (Å²) in [6.07, 6.45) is 0.0249. The highest BCUT2D eigenvalue weighted by molar-refractivity contribution is 14.1. The first-order chi connectivity index (χ1) is 21.9. The number of methoxy groups -OCH3 is 2. The van der Waals surface area contributed by atoms with Crippen LogP contribution >= 0.6 is 22.6 Å². The van der Waals surface area contributed by atoms with Crippen LogP contribution in [0.15, 0.2) is 21.9 Å². The molecule has 0 fully saturated rings. The number of nitrogens with zero attached hydrogens (tertiary/aromatic N) is 1. The Bertz CT molecular complexity index is 1580. The zero-order valence-corrected chi connectivity index (χ0v) is 33.4. The van der Waals surface area contributed by atoms with E-state index in [4.69, 9.17) is 18.9 Å². The molecule has 0 saturated heterocycles. The highest BCUT2D eigenvalue weighted by Gasteiger charge is 2.27. The van der Waals surface area contributed by atoms with Gasteiger partial charge in [-0.15, -0.1) is 0 Å². The van der Waals surface area contributed by atoms with E-state index in [2.05, 4.69) is 27.3 Å². The molecule has 0 saturated carbocycles. The van der Waals surface area contributed by atoms with E-state index in [1.54, 1.807) is 67.9 Å². The number of rotatable bonds is 14. The zero-order chi connectivity index (χ0) is 36.7. The number of ether oxygens (including phenoxy) is 4. The van der Waals surface area contributed by atoms with Gasteiger partial charge in [0.1, 0.15) is 11.5 Å². The number of sulfonamides is 2. The van der Waals surface area contributed by atoms with Gasteiger partial charge in [0.15, 0.2) is 0 Å². The van der Waals surface area contributed by atoms with Crippen molar-refractivity contribution < 1.29 is 45.4 Å². The molecule has 2 rings (SSSR count). The molecule has 0 radical (unpaired) electrons. The van der Waals surface area contributed by atoms with Crippen molar-refractivity contribution in [3.05, 3.63) is 45.5 Å². The first-order valence-corrected chi connectivity index (χ1v) is 19.9. The van der Waals surface area contributed by atoms with Crippen molar-refractivity contribution in [2.45, 2.75) is 78.0 Å². The van der Waals surface area contributed by atoms with Crippen molar-refractivity contribution in [2.24, 2.45) is 0 Å². The Hall–Kier alpha value is -2.47. The summed E-state index contributed by atoms with van der Waals surface area (Å²) in [6, 6.07) is 3.41. The molecule has 0 atom stereocenters. The van der Waals surface area contributed by atoms with Gasteiger partial charge in [-0.2, -0.15) is 0 Å². The number of esters is 2. The lowest BCUT2D eigenvalue weighted by Crippen LogP contribution is -2.30. The summed E-state index contributed by atoms with van der Waals surface area (Å²) in [5.74, 6) is 0.479. The van der Waals surface area contributed by atoms with Crippen LogP contribution in [0.3, 0.4) is 0 Å². The number of carbonyl (C=O) groups is 2. The van der Waals surface area contributed by atoms with Crippen molar-refractivity contribution in [1.82, 2.24) is 9.03 Å². The largest absolute Gasteiger partial charge is 0.496 e. The average Bonchev–Trinajstić information content (AvgIpc) is 3.00. The predicted molar refractivity (Wildman–Crippen MR) is 192 cm³/mol. The third-order valence-corrected chi connectivity index (χ3v) is 11.1. The lowest BCUT2D eigenvalue weighted by Gasteiger charge is -2.21. The molecule has 2 aromatic carbocycles. The van der Waals surface area contributed by atoms with E-state index in [1.807, 2.05) is 18.8 Å². The molecule has 2 aromatic rings. The van der Waals surface area contributed by atoms with E-state index in [0.29, 0.717) is 33.8 Å². The van der Waals surface area contributed by atoms with Crippen LogP contribution in [-0.4, -0.2) is 85.6 Å². The number of nitrogens with one attached hydrogen (secondary N) is 1. The lowest BCUT2D eigenvalue weighted by atomic mass is 10.1. The second kappa shape index (κ2) is 20.8. The Morgan fingerprint density at radius 1 is 0.723 bits per heavy atom. The number of hydrogen-bond acceptors (Lipinski definition) is 10. The van der Waals surface area contributed by atoms with Gasteiger partial charge in [-0.25, -0.2) is 25.9 Å². The Morgan fingerprint density at radius 2 is 1.13 bits per heavy atom. The Kier molecular flexibility index (Phi) is 19.7. The molecule has 0 aliphatic rings. The van der Waals surface area contributed by atoms with Gasteiger partial charge in [0, 0.05) is 20.1 Å². The van der Waals surface area contributed by atoms with Gasteiger partial charge in [0.2, 0.25) is 20.0 Å². The van der Waals surface area contributed by atoms with Crippen molar-refractivity contribution in [3.8, 4) is 11.5 Å². The molecule has 0 aliphatic heterocycles. The molecule has 12 nitrogen and oxygen atoms in total. The predicted octanol–water partition coefficient (Wildman–Crippen LogP) is 5.10. The first kappa shape index (κ1) is 44.5. The Morgan fingerprint density at radius 3 is 1.55 bits per heavy atom. The van der Waals surface area contributed by atoms with E-state index in [1.165, 1.54) is 11.4 Å². The van der Waals surface area contributed by atoms with Crippen molar-refractivity contribution in [2.75, 3.05) is 52.5 Å². The smallest absolute Gasteiger partial charge is 0.307 e. The minimum absolute atomic E-state index is 0.000300. The highest BCUT2D eigenvalue weighted by Crippen LogP contribution is 2.32. The number of benzene rings is 2. The quantitative estimate of drug-likeness (QED) is 0.155. The van der Waals surface area contributed by atoms with Gasteiger partial charge >= 0.3 is 11.9 Å². The molecule has 0 bridgehead atoms. The molecule has 15 heteroatoms. The second-order valence-electron chi connectivity index (χ2n) is 10.3. The summed E-state index contributed by atoms with van der Waals surface area (Å²) in [7, 11) is -2.81. The monoisotopic (exact) mass is 814 g/mol. The van der Waals surface area contributed by atoms with Gasteiger partial charge in [-0.1, -0.05) is 22.6 Å². The maximum Gasteiger partial charge on any atom is 0.307 e. The van der Waals surface area contributed by atoms with Crippen LogP contribution in [0.25, 0.3) is 0 Å². The maximum atomic E-state index is 12.8. The highest BCUT2D eigenvalue weighted by atomic mass is 127. The fraction of sp³-hybridized carbons (Fsp3) is 0.562. The van der Waals surface area contributed by atoms with Crippen molar-refractivity contribution >= 4 is 54.6 Å². The van der Waals surface area contributed by atoms with Crippen LogP contribution in [0.2, 0.25) is 0 Å². The first-order valence-electron chi connectivity index (χ1n) is 14.9. The fourth-order valence-electron chi connectivity index (χ4n) is 4.63. The van der Waals surface area contributed by atoms with Crippen LogP contribution in [0, 0.1) is 41.5 Å². The summed E-state index contributed by atoms with van der Waals surface area (Å²) in [6.45, 7) is 14.6. The number of alkyl halides is 1. The standard InChI is InChI=1S/C16H25NO5S.C15H23NO5S.CH3I/c1-7-22-15(18)8-9-17(5)23(19,20)16-11(2)10-14(21-6)12(3)13(16)4;1-6-21-14(17)7-8-16-22(18,19)15-10(2)9-13(20-5)11(3)12(15)4;1-2/h10H,7-9H2,1-6H3;9,16H,6-8H2,1-5H3;1H3. The fourth-order valence-corrected chi connectivity index (χ4v) is 7.83. The van der Waals surface area contributed by atoms with Crippen LogP contribution in [0.1, 0.15) is 60.1 Å². The molecule has 268 valence electrons. The molecule has 0 heterocycles. The van der Waals surface area contributed by atoms with Gasteiger partial charge in [-0.3, -0.25) is 9.59 Å². The number of hydrogen-bond donors (Lipinski definition) is 1. The minimum Gasteiger partial charge on any atom is -0.496 e. The number of carbonyl (C=O) groups excluding carboxylic acids is 2. The molecule has 0 spiro atoms. The Balaban J connectivity index is 0.000000856. The molecule has 0 amide bonds. The number of aryl methyl sites for hydroxylation is 2. The third kappa shape index (κ3) is 12.5. The van der Waals surface area contributed by atoms with Crippen LogP contribution < -0.4 is 14.2 Å². The van der Waals surface area contributed by atoms with E-state index < -0.39 is 32.0 Å². The molecule has 47 heavy (non-hydrogen) atoms. The van der Waals surface area contributed by atoms with E-state index in [9.17, 15) is 26.4 Å². The summed E-state index contributed by atoms with van der Waals surface area (Å²) >= 11 is 2.15. The number of halogens is 1. The molecule has 0 aromatic heterocycles. The lowest BCUT2D eigenvalue weighted by molar-refractivity contribution is -0.144.